The van der Waals surface area contributed by atoms with Crippen molar-refractivity contribution in [2.24, 2.45) is 21.6 Å². The Kier molecular flexibility index (Phi) is 7.98. The second-order valence-corrected chi connectivity index (χ2v) is 8.10. The molecule has 164 valence electrons. The van der Waals surface area contributed by atoms with Gasteiger partial charge in [-0.2, -0.15) is 0 Å². The van der Waals surface area contributed by atoms with E-state index in [-0.39, 0.29) is 0 Å². The maximum absolute atomic E-state index is 6.09. The van der Waals surface area contributed by atoms with Gasteiger partial charge in [0.25, 0.3) is 0 Å². The van der Waals surface area contributed by atoms with E-state index in [0.29, 0.717) is 23.7 Å². The van der Waals surface area contributed by atoms with E-state index >= 15 is 0 Å². The Bertz CT molecular complexity index is 1030. The Hall–Kier alpha value is -3.66. The average molecular weight is 425 g/mol. The maximum atomic E-state index is 6.09. The van der Waals surface area contributed by atoms with Gasteiger partial charge < -0.3 is 10.6 Å². The van der Waals surface area contributed by atoms with Crippen LogP contribution in [0.2, 0.25) is 0 Å². The van der Waals surface area contributed by atoms with E-state index in [1.165, 1.54) is 11.1 Å². The molecule has 1 aliphatic heterocycles. The molecular weight excluding hydrogens is 392 g/mol. The molecule has 3 rings (SSSR count). The van der Waals surface area contributed by atoms with Gasteiger partial charge in [-0.15, -0.1) is 0 Å². The van der Waals surface area contributed by atoms with Gasteiger partial charge in [-0.1, -0.05) is 74.3 Å². The number of allylic oxidation sites excluding steroid dienone is 2. The van der Waals surface area contributed by atoms with Crippen LogP contribution < -0.4 is 5.73 Å². The summed E-state index contributed by atoms with van der Waals surface area (Å²) >= 11 is 0. The third-order valence-electron chi connectivity index (χ3n) is 5.74. The van der Waals surface area contributed by atoms with Gasteiger partial charge in [0.15, 0.2) is 0 Å². The van der Waals surface area contributed by atoms with Crippen molar-refractivity contribution in [3.8, 4) is 0 Å². The molecule has 1 heterocycles. The Morgan fingerprint density at radius 2 is 1.75 bits per heavy atom. The SMILES string of the molecule is C=CC(=C)N1CCC(CN=C(/C(=C\N=C)C(=C)N)c2ccc(Cc3ccccc3)cc2)C1. The zero-order chi connectivity index (χ0) is 22.9. The molecule has 0 aromatic heterocycles. The van der Waals surface area contributed by atoms with E-state index in [2.05, 4.69) is 84.9 Å². The van der Waals surface area contributed by atoms with E-state index in [9.17, 15) is 0 Å². The molecule has 2 aromatic rings. The Balaban J connectivity index is 1.83. The van der Waals surface area contributed by atoms with Crippen LogP contribution in [-0.4, -0.2) is 37.0 Å². The molecular formula is C28H32N4. The lowest BCUT2D eigenvalue weighted by atomic mass is 9.97. The molecule has 0 aliphatic carbocycles. The van der Waals surface area contributed by atoms with Crippen LogP contribution in [0, 0.1) is 5.92 Å². The molecule has 1 saturated heterocycles. The van der Waals surface area contributed by atoms with Gasteiger partial charge >= 0.3 is 0 Å². The van der Waals surface area contributed by atoms with Crippen molar-refractivity contribution in [1.29, 1.82) is 0 Å². The first-order valence-corrected chi connectivity index (χ1v) is 10.9. The molecule has 1 fully saturated rings. The van der Waals surface area contributed by atoms with E-state index < -0.39 is 0 Å². The van der Waals surface area contributed by atoms with Gasteiger partial charge in [-0.05, 0) is 42.7 Å². The van der Waals surface area contributed by atoms with Crippen molar-refractivity contribution in [3.05, 3.63) is 120 Å². The summed E-state index contributed by atoms with van der Waals surface area (Å²) in [6, 6.07) is 18.9. The third kappa shape index (κ3) is 5.94. The van der Waals surface area contributed by atoms with Gasteiger partial charge in [0.05, 0.1) is 5.71 Å². The lowest BCUT2D eigenvalue weighted by Gasteiger charge is -2.18. The molecule has 1 aliphatic rings. The van der Waals surface area contributed by atoms with Crippen LogP contribution in [0.1, 0.15) is 23.1 Å². The Labute approximate surface area is 191 Å². The van der Waals surface area contributed by atoms with Crippen LogP contribution in [0.3, 0.4) is 0 Å². The van der Waals surface area contributed by atoms with Crippen LogP contribution >= 0.6 is 0 Å². The first-order valence-electron chi connectivity index (χ1n) is 10.9. The highest BCUT2D eigenvalue weighted by Crippen LogP contribution is 2.22. The Morgan fingerprint density at radius 1 is 1.06 bits per heavy atom. The summed E-state index contributed by atoms with van der Waals surface area (Å²) in [5.41, 5.74) is 12.5. The molecule has 0 radical (unpaired) electrons. The standard InChI is InChI=1S/C28H32N4/c1-5-21(2)32-16-15-25(20-32)18-31-28(27(19-30-4)22(3)29)26-13-11-24(12-14-26)17-23-9-7-6-8-10-23/h5-14,19,25H,1-4,15-18,20,29H2/b27-19-,31-28?. The number of nitrogens with two attached hydrogens (primary N) is 1. The minimum Gasteiger partial charge on any atom is -0.399 e. The summed E-state index contributed by atoms with van der Waals surface area (Å²) in [6.07, 6.45) is 5.41. The lowest BCUT2D eigenvalue weighted by molar-refractivity contribution is 0.419. The number of aliphatic imine (C=N–C) groups is 2. The quantitative estimate of drug-likeness (QED) is 0.424. The average Bonchev–Trinajstić information content (AvgIpc) is 3.28. The summed E-state index contributed by atoms with van der Waals surface area (Å²) in [6.45, 7) is 18.0. The van der Waals surface area contributed by atoms with Gasteiger partial charge in [-0.25, -0.2) is 0 Å². The van der Waals surface area contributed by atoms with Gasteiger partial charge in [-0.3, -0.25) is 9.98 Å². The van der Waals surface area contributed by atoms with Crippen molar-refractivity contribution in [2.75, 3.05) is 19.6 Å². The van der Waals surface area contributed by atoms with Crippen molar-refractivity contribution in [2.45, 2.75) is 12.8 Å². The van der Waals surface area contributed by atoms with E-state index in [0.717, 1.165) is 42.9 Å². The highest BCUT2D eigenvalue weighted by atomic mass is 15.2. The van der Waals surface area contributed by atoms with Crippen molar-refractivity contribution >= 4 is 12.4 Å². The summed E-state index contributed by atoms with van der Waals surface area (Å²) in [5, 5.41) is 0. The molecule has 0 spiro atoms. The van der Waals surface area contributed by atoms with Crippen LogP contribution in [0.15, 0.2) is 114 Å². The molecule has 0 amide bonds. The number of likely N-dealkylation sites (tertiary alicyclic amines) is 1. The zero-order valence-corrected chi connectivity index (χ0v) is 18.7. The fourth-order valence-electron chi connectivity index (χ4n) is 3.92. The van der Waals surface area contributed by atoms with E-state index in [1.807, 2.05) is 12.1 Å². The molecule has 4 heteroatoms. The molecule has 32 heavy (non-hydrogen) atoms. The second kappa shape index (κ2) is 11.1. The summed E-state index contributed by atoms with van der Waals surface area (Å²) in [4.78, 5) is 11.2. The number of nitrogens with zero attached hydrogens (tertiary/aromatic N) is 3. The minimum atomic E-state index is 0.428. The largest absolute Gasteiger partial charge is 0.399 e. The molecule has 2 aromatic carbocycles. The minimum absolute atomic E-state index is 0.428. The molecule has 0 bridgehead atoms. The normalized spacial score (nSPS) is 16.6. The second-order valence-electron chi connectivity index (χ2n) is 8.10. The fraction of sp³-hybridized carbons (Fsp3) is 0.214. The first kappa shape index (κ1) is 23.0. The molecule has 1 unspecified atom stereocenters. The Morgan fingerprint density at radius 3 is 2.38 bits per heavy atom. The summed E-state index contributed by atoms with van der Waals surface area (Å²) in [5.74, 6) is 0.447. The monoisotopic (exact) mass is 424 g/mol. The molecule has 4 nitrogen and oxygen atoms in total. The van der Waals surface area contributed by atoms with Crippen LogP contribution in [0.4, 0.5) is 0 Å². The van der Waals surface area contributed by atoms with Crippen molar-refractivity contribution in [1.82, 2.24) is 4.90 Å². The molecule has 1 atom stereocenters. The predicted molar refractivity (Wildman–Crippen MR) is 137 cm³/mol. The van der Waals surface area contributed by atoms with Gasteiger partial charge in [0, 0.05) is 48.4 Å². The third-order valence-corrected chi connectivity index (χ3v) is 5.74. The van der Waals surface area contributed by atoms with Crippen molar-refractivity contribution < 1.29 is 0 Å². The van der Waals surface area contributed by atoms with Crippen molar-refractivity contribution in [3.63, 3.8) is 0 Å². The maximum Gasteiger partial charge on any atom is 0.0755 e. The smallest absolute Gasteiger partial charge is 0.0755 e. The van der Waals surface area contributed by atoms with E-state index in [1.54, 1.807) is 6.20 Å². The van der Waals surface area contributed by atoms with Crippen LogP contribution in [-0.2, 0) is 6.42 Å². The first-order chi connectivity index (χ1) is 15.5. The fourth-order valence-corrected chi connectivity index (χ4v) is 3.92. The van der Waals surface area contributed by atoms with Gasteiger partial charge in [0.2, 0.25) is 0 Å². The topological polar surface area (TPSA) is 54.0 Å². The van der Waals surface area contributed by atoms with E-state index in [4.69, 9.17) is 10.7 Å². The molecule has 0 saturated carbocycles. The predicted octanol–water partition coefficient (Wildman–Crippen LogP) is 5.15. The highest BCUT2D eigenvalue weighted by Gasteiger charge is 2.23. The zero-order valence-electron chi connectivity index (χ0n) is 18.7. The molecule has 2 N–H and O–H groups in total. The number of hydrogen-bond donors (Lipinski definition) is 1. The lowest BCUT2D eigenvalue weighted by Crippen LogP contribution is -2.19. The number of rotatable bonds is 10. The summed E-state index contributed by atoms with van der Waals surface area (Å²) < 4.78 is 0. The summed E-state index contributed by atoms with van der Waals surface area (Å²) in [7, 11) is 0. The highest BCUT2D eigenvalue weighted by molar-refractivity contribution is 6.15. The van der Waals surface area contributed by atoms with Crippen LogP contribution in [0.5, 0.6) is 0 Å². The number of benzene rings is 2. The number of hydrogen-bond acceptors (Lipinski definition) is 4. The van der Waals surface area contributed by atoms with Gasteiger partial charge in [0.1, 0.15) is 0 Å². The van der Waals surface area contributed by atoms with Crippen LogP contribution in [0.25, 0.3) is 0 Å².